The fraction of sp³-hybridized carbons (Fsp3) is 0.833. The Labute approximate surface area is 118 Å². The minimum Gasteiger partial charge on any atom is -0.481 e. The van der Waals surface area contributed by atoms with Crippen LogP contribution in [-0.2, 0) is 24.3 Å². The molecule has 1 aliphatic carbocycles. The van der Waals surface area contributed by atoms with Gasteiger partial charge in [-0.05, 0) is 25.2 Å². The normalized spacial score (nSPS) is 22.6. The summed E-state index contributed by atoms with van der Waals surface area (Å²) in [6, 6.07) is 0. The number of hydrogen-bond acceptors (Lipinski definition) is 5. The van der Waals surface area contributed by atoms with Crippen LogP contribution in [0, 0.1) is 11.8 Å². The molecular weight excluding hydrogens is 286 g/mol. The Morgan fingerprint density at radius 2 is 2.05 bits per heavy atom. The van der Waals surface area contributed by atoms with Gasteiger partial charge in [0.1, 0.15) is 0 Å². The first-order chi connectivity index (χ1) is 9.35. The number of carbonyl (C=O) groups excluding carboxylic acids is 1. The van der Waals surface area contributed by atoms with Crippen LogP contribution in [0.25, 0.3) is 0 Å². The van der Waals surface area contributed by atoms with Crippen LogP contribution in [-0.4, -0.2) is 44.9 Å². The molecule has 0 bridgehead atoms. The van der Waals surface area contributed by atoms with E-state index >= 15 is 0 Å². The van der Waals surface area contributed by atoms with Crippen molar-refractivity contribution in [3.05, 3.63) is 0 Å². The summed E-state index contributed by atoms with van der Waals surface area (Å²) in [6.45, 7) is 0.150. The first-order valence-electron chi connectivity index (χ1n) is 6.62. The zero-order chi connectivity index (χ0) is 15.2. The van der Waals surface area contributed by atoms with E-state index < -0.39 is 27.9 Å². The van der Waals surface area contributed by atoms with E-state index in [1.807, 2.05) is 0 Å². The van der Waals surface area contributed by atoms with E-state index in [1.54, 1.807) is 0 Å². The predicted octanol–water partition coefficient (Wildman–Crippen LogP) is 0.360. The van der Waals surface area contributed by atoms with Crippen LogP contribution in [0.1, 0.15) is 32.1 Å². The molecule has 0 saturated heterocycles. The van der Waals surface area contributed by atoms with Crippen molar-refractivity contribution in [2.45, 2.75) is 32.1 Å². The fourth-order valence-electron chi connectivity index (χ4n) is 2.42. The van der Waals surface area contributed by atoms with E-state index in [0.717, 1.165) is 12.8 Å². The Balaban J connectivity index is 2.35. The topological polar surface area (TPSA) is 110 Å². The maximum Gasteiger partial charge on any atom is 0.306 e. The largest absolute Gasteiger partial charge is 0.481 e. The summed E-state index contributed by atoms with van der Waals surface area (Å²) >= 11 is 0. The minimum absolute atomic E-state index is 0.0542. The van der Waals surface area contributed by atoms with Crippen LogP contribution in [0.3, 0.4) is 0 Å². The van der Waals surface area contributed by atoms with E-state index in [1.165, 1.54) is 7.11 Å². The lowest BCUT2D eigenvalue weighted by molar-refractivity contribution is -0.143. The van der Waals surface area contributed by atoms with Crippen molar-refractivity contribution in [3.8, 4) is 0 Å². The molecule has 116 valence electrons. The van der Waals surface area contributed by atoms with E-state index in [-0.39, 0.29) is 31.1 Å². The molecule has 0 spiro atoms. The van der Waals surface area contributed by atoms with Gasteiger partial charge in [-0.25, -0.2) is 13.1 Å². The number of rotatable bonds is 8. The van der Waals surface area contributed by atoms with Gasteiger partial charge in [-0.3, -0.25) is 9.59 Å². The highest BCUT2D eigenvalue weighted by Gasteiger charge is 2.33. The van der Waals surface area contributed by atoms with Gasteiger partial charge < -0.3 is 9.84 Å². The Kier molecular flexibility index (Phi) is 6.41. The lowest BCUT2D eigenvalue weighted by Crippen LogP contribution is -2.34. The maximum absolute atomic E-state index is 11.7. The van der Waals surface area contributed by atoms with Gasteiger partial charge >= 0.3 is 11.9 Å². The predicted molar refractivity (Wildman–Crippen MR) is 71.5 cm³/mol. The molecule has 7 nitrogen and oxygen atoms in total. The zero-order valence-electron chi connectivity index (χ0n) is 11.5. The lowest BCUT2D eigenvalue weighted by atomic mass is 9.97. The van der Waals surface area contributed by atoms with Gasteiger partial charge in [-0.1, -0.05) is 6.42 Å². The number of ether oxygens (including phenoxy) is 1. The van der Waals surface area contributed by atoms with Crippen LogP contribution in [0.2, 0.25) is 0 Å². The Bertz CT molecular complexity index is 447. The summed E-state index contributed by atoms with van der Waals surface area (Å²) in [7, 11) is -2.22. The third-order valence-electron chi connectivity index (χ3n) is 3.56. The Morgan fingerprint density at radius 3 is 2.65 bits per heavy atom. The first-order valence-corrected chi connectivity index (χ1v) is 8.28. The van der Waals surface area contributed by atoms with Gasteiger partial charge in [-0.2, -0.15) is 0 Å². The molecule has 8 heteroatoms. The second kappa shape index (κ2) is 7.58. The number of esters is 1. The quantitative estimate of drug-likeness (QED) is 0.627. The summed E-state index contributed by atoms with van der Waals surface area (Å²) in [4.78, 5) is 21.9. The molecule has 0 amide bonds. The number of aliphatic carboxylic acids is 1. The molecule has 1 rings (SSSR count). The van der Waals surface area contributed by atoms with Crippen LogP contribution in [0.15, 0.2) is 0 Å². The van der Waals surface area contributed by atoms with E-state index in [0.29, 0.717) is 6.42 Å². The van der Waals surface area contributed by atoms with Crippen molar-refractivity contribution in [2.24, 2.45) is 11.8 Å². The lowest BCUT2D eigenvalue weighted by Gasteiger charge is -2.16. The Hall–Kier alpha value is -1.15. The first kappa shape index (κ1) is 16.9. The van der Waals surface area contributed by atoms with Crippen molar-refractivity contribution >= 4 is 22.0 Å². The van der Waals surface area contributed by atoms with Crippen molar-refractivity contribution < 1.29 is 27.9 Å². The number of hydrogen-bond donors (Lipinski definition) is 2. The molecule has 0 radical (unpaired) electrons. The zero-order valence-corrected chi connectivity index (χ0v) is 12.3. The molecule has 1 aliphatic rings. The molecule has 0 aromatic heterocycles. The number of carboxylic acid groups (broad SMARTS) is 1. The second-order valence-corrected chi connectivity index (χ2v) is 6.91. The van der Waals surface area contributed by atoms with Crippen molar-refractivity contribution in [1.29, 1.82) is 0 Å². The molecule has 0 aromatic carbocycles. The molecule has 2 unspecified atom stereocenters. The molecule has 0 heterocycles. The minimum atomic E-state index is -3.47. The number of carboxylic acids is 1. The van der Waals surface area contributed by atoms with Gasteiger partial charge in [0.25, 0.3) is 0 Å². The molecule has 0 aromatic rings. The summed E-state index contributed by atoms with van der Waals surface area (Å²) in [5.41, 5.74) is 0. The fourth-order valence-corrected chi connectivity index (χ4v) is 3.56. The molecule has 2 atom stereocenters. The smallest absolute Gasteiger partial charge is 0.306 e. The maximum atomic E-state index is 11.7. The van der Waals surface area contributed by atoms with Gasteiger partial charge in [0.2, 0.25) is 10.0 Å². The Morgan fingerprint density at radius 1 is 1.35 bits per heavy atom. The SMILES string of the molecule is COC(=O)CCCS(=O)(=O)NCC1CCCC1C(=O)O. The monoisotopic (exact) mass is 307 g/mol. The molecule has 1 saturated carbocycles. The van der Waals surface area contributed by atoms with E-state index in [2.05, 4.69) is 9.46 Å². The van der Waals surface area contributed by atoms with Gasteiger partial charge in [0, 0.05) is 13.0 Å². The summed E-state index contributed by atoms with van der Waals surface area (Å²) in [5.74, 6) is -2.08. The average Bonchev–Trinajstić information content (AvgIpc) is 2.84. The van der Waals surface area contributed by atoms with Crippen molar-refractivity contribution in [1.82, 2.24) is 4.72 Å². The molecule has 2 N–H and O–H groups in total. The van der Waals surface area contributed by atoms with Crippen LogP contribution >= 0.6 is 0 Å². The summed E-state index contributed by atoms with van der Waals surface area (Å²) in [6.07, 6.45) is 2.38. The van der Waals surface area contributed by atoms with E-state index in [4.69, 9.17) is 5.11 Å². The van der Waals surface area contributed by atoms with Gasteiger partial charge in [0.15, 0.2) is 0 Å². The van der Waals surface area contributed by atoms with Crippen LogP contribution < -0.4 is 4.72 Å². The highest BCUT2D eigenvalue weighted by atomic mass is 32.2. The number of carbonyl (C=O) groups is 2. The number of sulfonamides is 1. The third-order valence-corrected chi connectivity index (χ3v) is 5.00. The standard InChI is InChI=1S/C12H21NO6S/c1-19-11(14)6-3-7-20(17,18)13-8-9-4-2-5-10(9)12(15)16/h9-10,13H,2-8H2,1H3,(H,15,16). The third kappa shape index (κ3) is 5.46. The van der Waals surface area contributed by atoms with Crippen LogP contribution in [0.5, 0.6) is 0 Å². The van der Waals surface area contributed by atoms with E-state index in [9.17, 15) is 18.0 Å². The molecule has 0 aliphatic heterocycles. The van der Waals surface area contributed by atoms with Crippen molar-refractivity contribution in [3.63, 3.8) is 0 Å². The van der Waals surface area contributed by atoms with Crippen molar-refractivity contribution in [2.75, 3.05) is 19.4 Å². The van der Waals surface area contributed by atoms with Crippen LogP contribution in [0.4, 0.5) is 0 Å². The second-order valence-electron chi connectivity index (χ2n) is 4.98. The molecular formula is C12H21NO6S. The average molecular weight is 307 g/mol. The molecule has 20 heavy (non-hydrogen) atoms. The number of nitrogens with one attached hydrogen (secondary N) is 1. The van der Waals surface area contributed by atoms with Gasteiger partial charge in [-0.15, -0.1) is 0 Å². The molecule has 1 fully saturated rings. The highest BCUT2D eigenvalue weighted by molar-refractivity contribution is 7.89. The summed E-state index contributed by atoms with van der Waals surface area (Å²) in [5, 5.41) is 9.01. The number of methoxy groups -OCH3 is 1. The van der Waals surface area contributed by atoms with Gasteiger partial charge in [0.05, 0.1) is 18.8 Å². The highest BCUT2D eigenvalue weighted by Crippen LogP contribution is 2.31. The summed E-state index contributed by atoms with van der Waals surface area (Å²) < 4.78 is 30.3.